The van der Waals surface area contributed by atoms with E-state index in [4.69, 9.17) is 5.26 Å². The summed E-state index contributed by atoms with van der Waals surface area (Å²) in [5.74, 6) is 0. The summed E-state index contributed by atoms with van der Waals surface area (Å²) in [6.07, 6.45) is -2.93. The minimum Gasteiger partial charge on any atom is -0.244 e. The minimum absolute atomic E-state index is 0.176. The van der Waals surface area contributed by atoms with E-state index >= 15 is 0 Å². The van der Waals surface area contributed by atoms with E-state index in [2.05, 4.69) is 15.3 Å². The zero-order valence-electron chi connectivity index (χ0n) is 10.3. The van der Waals surface area contributed by atoms with Crippen LogP contribution in [0.4, 0.5) is 13.2 Å². The molecule has 0 N–H and O–H groups in total. The lowest BCUT2D eigenvalue weighted by Crippen LogP contribution is -2.04. The highest BCUT2D eigenvalue weighted by molar-refractivity contribution is 7.18. The van der Waals surface area contributed by atoms with Crippen molar-refractivity contribution in [2.24, 2.45) is 0 Å². The van der Waals surface area contributed by atoms with Crippen molar-refractivity contribution >= 4 is 21.6 Å². The zero-order valence-corrected chi connectivity index (χ0v) is 11.1. The van der Waals surface area contributed by atoms with Gasteiger partial charge in [-0.25, -0.2) is 9.67 Å². The van der Waals surface area contributed by atoms with E-state index in [0.29, 0.717) is 15.2 Å². The molecule has 0 aliphatic rings. The fraction of sp³-hybridized carbons (Fsp3) is 0.167. The second kappa shape index (κ2) is 4.82. The van der Waals surface area contributed by atoms with E-state index in [1.807, 2.05) is 6.07 Å². The van der Waals surface area contributed by atoms with Gasteiger partial charge in [0.05, 0.1) is 28.5 Å². The summed E-state index contributed by atoms with van der Waals surface area (Å²) < 4.78 is 40.0. The van der Waals surface area contributed by atoms with Gasteiger partial charge in [0.2, 0.25) is 0 Å². The molecule has 2 heterocycles. The molecule has 0 fully saturated rings. The van der Waals surface area contributed by atoms with Crippen molar-refractivity contribution in [2.75, 3.05) is 0 Å². The highest BCUT2D eigenvalue weighted by atomic mass is 32.1. The van der Waals surface area contributed by atoms with Crippen LogP contribution in [-0.2, 0) is 12.7 Å². The lowest BCUT2D eigenvalue weighted by atomic mass is 10.2. The van der Waals surface area contributed by atoms with Crippen LogP contribution in [0.3, 0.4) is 0 Å². The Labute approximate surface area is 120 Å². The number of hydrogen-bond acceptors (Lipinski definition) is 5. The largest absolute Gasteiger partial charge is 0.416 e. The van der Waals surface area contributed by atoms with Crippen LogP contribution in [0.15, 0.2) is 24.4 Å². The van der Waals surface area contributed by atoms with Crippen LogP contribution in [0.25, 0.3) is 10.2 Å². The Kier molecular flexibility index (Phi) is 3.10. The third-order valence-corrected chi connectivity index (χ3v) is 3.73. The molecule has 0 amide bonds. The SMILES string of the molecule is N#Cc1cn(Cc2nc3cc(C(F)(F)F)ccc3s2)nn1. The Hall–Kier alpha value is -2.47. The van der Waals surface area contributed by atoms with Gasteiger partial charge in [-0.05, 0) is 18.2 Å². The number of halogens is 3. The van der Waals surface area contributed by atoms with Crippen molar-refractivity contribution in [2.45, 2.75) is 12.7 Å². The van der Waals surface area contributed by atoms with Crippen LogP contribution < -0.4 is 0 Å². The first kappa shape index (κ1) is 13.5. The number of aromatic nitrogens is 4. The molecule has 3 rings (SSSR count). The standard InChI is InChI=1S/C12H6F3N5S/c13-12(14,15)7-1-2-10-9(3-7)17-11(21-10)6-20-5-8(4-16)18-19-20/h1-3,5H,6H2. The zero-order chi connectivity index (χ0) is 15.0. The van der Waals surface area contributed by atoms with Crippen LogP contribution in [0.5, 0.6) is 0 Å². The first-order valence-corrected chi connectivity index (χ1v) is 6.54. The molecule has 106 valence electrons. The Morgan fingerprint density at radius 2 is 2.14 bits per heavy atom. The molecule has 3 aromatic rings. The Bertz CT molecular complexity index is 843. The fourth-order valence-electron chi connectivity index (χ4n) is 1.78. The number of hydrogen-bond donors (Lipinski definition) is 0. The van der Waals surface area contributed by atoms with Crippen molar-refractivity contribution in [3.63, 3.8) is 0 Å². The summed E-state index contributed by atoms with van der Waals surface area (Å²) >= 11 is 1.28. The van der Waals surface area contributed by atoms with Gasteiger partial charge in [0, 0.05) is 0 Å². The van der Waals surface area contributed by atoms with E-state index in [0.717, 1.165) is 12.1 Å². The van der Waals surface area contributed by atoms with E-state index in [1.54, 1.807) is 0 Å². The van der Waals surface area contributed by atoms with Gasteiger partial charge in [0.15, 0.2) is 5.69 Å². The predicted molar refractivity (Wildman–Crippen MR) is 68.5 cm³/mol. The molecule has 0 saturated heterocycles. The van der Waals surface area contributed by atoms with E-state index in [9.17, 15) is 13.2 Å². The third kappa shape index (κ3) is 2.71. The maximum atomic E-state index is 12.6. The van der Waals surface area contributed by atoms with Gasteiger partial charge in [-0.1, -0.05) is 5.21 Å². The molecule has 2 aromatic heterocycles. The summed E-state index contributed by atoms with van der Waals surface area (Å²) in [4.78, 5) is 4.16. The molecular formula is C12H6F3N5S. The predicted octanol–water partition coefficient (Wildman–Crippen LogP) is 2.83. The highest BCUT2D eigenvalue weighted by Gasteiger charge is 2.30. The maximum Gasteiger partial charge on any atom is 0.416 e. The maximum absolute atomic E-state index is 12.6. The van der Waals surface area contributed by atoms with Crippen molar-refractivity contribution in [1.29, 1.82) is 5.26 Å². The van der Waals surface area contributed by atoms with Crippen LogP contribution in [0, 0.1) is 11.3 Å². The molecule has 21 heavy (non-hydrogen) atoms. The number of thiazole rings is 1. The number of nitrogens with zero attached hydrogens (tertiary/aromatic N) is 5. The third-order valence-electron chi connectivity index (χ3n) is 2.71. The Balaban J connectivity index is 1.92. The van der Waals surface area contributed by atoms with Crippen molar-refractivity contribution < 1.29 is 13.2 Å². The van der Waals surface area contributed by atoms with Gasteiger partial charge < -0.3 is 0 Å². The summed E-state index contributed by atoms with van der Waals surface area (Å²) in [6.45, 7) is 0.259. The summed E-state index contributed by atoms with van der Waals surface area (Å²) in [5, 5.41) is 16.6. The van der Waals surface area contributed by atoms with Gasteiger partial charge in [-0.3, -0.25) is 0 Å². The molecule has 9 heteroatoms. The fourth-order valence-corrected chi connectivity index (χ4v) is 2.72. The number of rotatable bonds is 2. The normalized spacial score (nSPS) is 11.7. The number of fused-ring (bicyclic) bond motifs is 1. The van der Waals surface area contributed by atoms with Crippen molar-refractivity contribution in [3.8, 4) is 6.07 Å². The summed E-state index contributed by atoms with van der Waals surface area (Å²) in [5.41, 5.74) is -0.250. The van der Waals surface area contributed by atoms with Crippen molar-refractivity contribution in [1.82, 2.24) is 20.0 Å². The lowest BCUT2D eigenvalue weighted by Gasteiger charge is -2.04. The van der Waals surface area contributed by atoms with Gasteiger partial charge in [0.1, 0.15) is 11.1 Å². The van der Waals surface area contributed by atoms with E-state index in [-0.39, 0.29) is 12.2 Å². The number of alkyl halides is 3. The number of benzene rings is 1. The molecule has 0 saturated carbocycles. The minimum atomic E-state index is -4.38. The average Bonchev–Trinajstić information content (AvgIpc) is 3.02. The van der Waals surface area contributed by atoms with E-state index < -0.39 is 11.7 Å². The van der Waals surface area contributed by atoms with Gasteiger partial charge >= 0.3 is 6.18 Å². The van der Waals surface area contributed by atoms with Gasteiger partial charge in [-0.2, -0.15) is 18.4 Å². The monoisotopic (exact) mass is 309 g/mol. The van der Waals surface area contributed by atoms with Gasteiger partial charge in [-0.15, -0.1) is 16.4 Å². The first-order valence-electron chi connectivity index (χ1n) is 5.72. The van der Waals surface area contributed by atoms with Crippen molar-refractivity contribution in [3.05, 3.63) is 40.7 Å². The second-order valence-electron chi connectivity index (χ2n) is 4.20. The molecule has 0 radical (unpaired) electrons. The summed E-state index contributed by atoms with van der Waals surface area (Å²) in [6, 6.07) is 5.31. The van der Waals surface area contributed by atoms with E-state index in [1.165, 1.54) is 28.3 Å². The second-order valence-corrected chi connectivity index (χ2v) is 5.32. The Morgan fingerprint density at radius 1 is 1.33 bits per heavy atom. The molecule has 0 atom stereocenters. The molecule has 0 unspecified atom stereocenters. The van der Waals surface area contributed by atoms with Crippen LogP contribution in [0.1, 0.15) is 16.3 Å². The average molecular weight is 309 g/mol. The van der Waals surface area contributed by atoms with Crippen LogP contribution >= 0.6 is 11.3 Å². The quantitative estimate of drug-likeness (QED) is 0.730. The lowest BCUT2D eigenvalue weighted by molar-refractivity contribution is -0.137. The van der Waals surface area contributed by atoms with Crippen LogP contribution in [0.2, 0.25) is 0 Å². The summed E-state index contributed by atoms with van der Waals surface area (Å²) in [7, 11) is 0. The molecular weight excluding hydrogens is 303 g/mol. The molecule has 0 spiro atoms. The Morgan fingerprint density at radius 3 is 2.81 bits per heavy atom. The molecule has 0 aliphatic heterocycles. The molecule has 1 aromatic carbocycles. The smallest absolute Gasteiger partial charge is 0.244 e. The molecule has 0 aliphatic carbocycles. The number of nitriles is 1. The topological polar surface area (TPSA) is 67.4 Å². The van der Waals surface area contributed by atoms with Gasteiger partial charge in [0.25, 0.3) is 0 Å². The molecule has 0 bridgehead atoms. The first-order chi connectivity index (χ1) is 9.95. The molecule has 5 nitrogen and oxygen atoms in total. The highest BCUT2D eigenvalue weighted by Crippen LogP contribution is 2.32. The van der Waals surface area contributed by atoms with Crippen LogP contribution in [-0.4, -0.2) is 20.0 Å².